The largest absolute Gasteiger partial charge is 0.318 e. The van der Waals surface area contributed by atoms with E-state index in [4.69, 9.17) is 0 Å². The van der Waals surface area contributed by atoms with Gasteiger partial charge in [-0.3, -0.25) is 4.79 Å². The van der Waals surface area contributed by atoms with Crippen LogP contribution in [0.4, 0.5) is 0 Å². The molecule has 0 bridgehead atoms. The highest BCUT2D eigenvalue weighted by Gasteiger charge is 2.08. The third-order valence-electron chi connectivity index (χ3n) is 3.89. The van der Waals surface area contributed by atoms with Crippen LogP contribution in [0.3, 0.4) is 0 Å². The number of hydrazone groups is 1. The number of amides is 1. The summed E-state index contributed by atoms with van der Waals surface area (Å²) in [4.78, 5) is 13.4. The summed E-state index contributed by atoms with van der Waals surface area (Å²) in [6, 6.07) is 13.7. The smallest absolute Gasteiger partial charge is 0.271 e. The summed E-state index contributed by atoms with van der Waals surface area (Å²) in [5.41, 5.74) is 7.57. The van der Waals surface area contributed by atoms with E-state index in [1.54, 1.807) is 23.6 Å². The number of benzene rings is 1. The number of carbonyl (C=O) groups excluding carboxylic acids is 1. The van der Waals surface area contributed by atoms with Crippen LogP contribution in [0, 0.1) is 20.8 Å². The van der Waals surface area contributed by atoms with Gasteiger partial charge in [-0.1, -0.05) is 6.07 Å². The molecule has 2 heterocycles. The molecule has 0 aliphatic rings. The zero-order valence-corrected chi connectivity index (χ0v) is 14.7. The van der Waals surface area contributed by atoms with E-state index in [9.17, 15) is 4.79 Å². The lowest BCUT2D eigenvalue weighted by atomic mass is 10.2. The predicted molar refractivity (Wildman–Crippen MR) is 99.4 cm³/mol. The van der Waals surface area contributed by atoms with Gasteiger partial charge < -0.3 is 4.57 Å². The quantitative estimate of drug-likeness (QED) is 0.562. The van der Waals surface area contributed by atoms with Gasteiger partial charge in [0, 0.05) is 27.5 Å². The highest BCUT2D eigenvalue weighted by Crippen LogP contribution is 2.17. The second-order valence-electron chi connectivity index (χ2n) is 5.67. The number of nitrogens with one attached hydrogen (secondary N) is 1. The van der Waals surface area contributed by atoms with E-state index in [1.165, 1.54) is 0 Å². The van der Waals surface area contributed by atoms with E-state index in [2.05, 4.69) is 27.2 Å². The van der Waals surface area contributed by atoms with Crippen LogP contribution < -0.4 is 5.43 Å². The first-order valence-electron chi connectivity index (χ1n) is 7.69. The minimum atomic E-state index is -0.218. The van der Waals surface area contributed by atoms with Crippen molar-refractivity contribution in [2.45, 2.75) is 20.8 Å². The molecule has 1 N–H and O–H groups in total. The molecule has 122 valence electrons. The van der Waals surface area contributed by atoms with Crippen molar-refractivity contribution < 1.29 is 4.79 Å². The van der Waals surface area contributed by atoms with Crippen LogP contribution in [0.2, 0.25) is 0 Å². The first kappa shape index (κ1) is 16.2. The lowest BCUT2D eigenvalue weighted by Crippen LogP contribution is -2.18. The molecule has 3 rings (SSSR count). The highest BCUT2D eigenvalue weighted by atomic mass is 32.1. The Balaban J connectivity index is 1.78. The van der Waals surface area contributed by atoms with Crippen molar-refractivity contribution in [2.75, 3.05) is 0 Å². The zero-order valence-electron chi connectivity index (χ0n) is 13.9. The summed E-state index contributed by atoms with van der Waals surface area (Å²) in [7, 11) is 0. The van der Waals surface area contributed by atoms with Crippen LogP contribution in [0.1, 0.15) is 32.2 Å². The molecule has 0 saturated carbocycles. The minimum Gasteiger partial charge on any atom is -0.318 e. The molecule has 0 atom stereocenters. The minimum absolute atomic E-state index is 0.218. The third kappa shape index (κ3) is 3.31. The molecule has 0 saturated heterocycles. The highest BCUT2D eigenvalue weighted by molar-refractivity contribution is 7.11. The van der Waals surface area contributed by atoms with Crippen LogP contribution in [-0.2, 0) is 0 Å². The Morgan fingerprint density at radius 1 is 1.12 bits per heavy atom. The molecular weight excluding hydrogens is 318 g/mol. The van der Waals surface area contributed by atoms with Crippen LogP contribution in [0.25, 0.3) is 5.69 Å². The Labute approximate surface area is 145 Å². The summed E-state index contributed by atoms with van der Waals surface area (Å²) in [6.07, 6.45) is 1.68. The summed E-state index contributed by atoms with van der Waals surface area (Å²) >= 11 is 1.60. The Morgan fingerprint density at radius 2 is 1.88 bits per heavy atom. The second kappa shape index (κ2) is 6.84. The number of aromatic nitrogens is 1. The number of aryl methyl sites for hydroxylation is 3. The molecule has 1 amide bonds. The average Bonchev–Trinajstić information content (AvgIpc) is 3.13. The topological polar surface area (TPSA) is 46.4 Å². The van der Waals surface area contributed by atoms with Crippen molar-refractivity contribution in [3.05, 3.63) is 75.2 Å². The van der Waals surface area contributed by atoms with Crippen LogP contribution in [-0.4, -0.2) is 16.7 Å². The van der Waals surface area contributed by atoms with E-state index in [-0.39, 0.29) is 5.91 Å². The summed E-state index contributed by atoms with van der Waals surface area (Å²) in [5.74, 6) is -0.218. The summed E-state index contributed by atoms with van der Waals surface area (Å²) in [6.45, 7) is 6.12. The Hall–Kier alpha value is -2.66. The molecule has 1 aromatic carbocycles. The van der Waals surface area contributed by atoms with Crippen LogP contribution in [0.15, 0.2) is 52.9 Å². The maximum atomic E-state index is 12.3. The van der Waals surface area contributed by atoms with Crippen molar-refractivity contribution in [1.29, 1.82) is 0 Å². The molecule has 0 radical (unpaired) electrons. The third-order valence-corrected chi connectivity index (χ3v) is 4.84. The second-order valence-corrected chi connectivity index (χ2v) is 6.62. The van der Waals surface area contributed by atoms with Crippen molar-refractivity contribution in [3.8, 4) is 5.69 Å². The fourth-order valence-corrected chi connectivity index (χ4v) is 3.38. The molecule has 0 fully saturated rings. The van der Waals surface area contributed by atoms with Gasteiger partial charge in [0.2, 0.25) is 0 Å². The van der Waals surface area contributed by atoms with E-state index < -0.39 is 0 Å². The molecule has 2 aromatic heterocycles. The molecule has 24 heavy (non-hydrogen) atoms. The van der Waals surface area contributed by atoms with Gasteiger partial charge in [0.15, 0.2) is 0 Å². The van der Waals surface area contributed by atoms with Gasteiger partial charge in [0.1, 0.15) is 0 Å². The predicted octanol–water partition coefficient (Wildman–Crippen LogP) is 4.23. The van der Waals surface area contributed by atoms with Gasteiger partial charge in [-0.2, -0.15) is 5.10 Å². The van der Waals surface area contributed by atoms with E-state index in [1.807, 2.05) is 50.4 Å². The zero-order chi connectivity index (χ0) is 17.1. The fourth-order valence-electron chi connectivity index (χ4n) is 2.59. The molecule has 0 aliphatic heterocycles. The molecule has 4 nitrogen and oxygen atoms in total. The summed E-state index contributed by atoms with van der Waals surface area (Å²) < 4.78 is 2.12. The van der Waals surface area contributed by atoms with Crippen LogP contribution in [0.5, 0.6) is 0 Å². The Kier molecular flexibility index (Phi) is 4.62. The van der Waals surface area contributed by atoms with Gasteiger partial charge in [-0.05, 0) is 68.1 Å². The maximum Gasteiger partial charge on any atom is 0.271 e. The normalized spacial score (nSPS) is 11.1. The molecule has 3 aromatic rings. The van der Waals surface area contributed by atoms with Crippen molar-refractivity contribution in [3.63, 3.8) is 0 Å². The Bertz CT molecular complexity index is 885. The Morgan fingerprint density at radius 3 is 2.54 bits per heavy atom. The molecular formula is C19H19N3OS. The van der Waals surface area contributed by atoms with E-state index >= 15 is 0 Å². The number of hydrogen-bond donors (Lipinski definition) is 1. The van der Waals surface area contributed by atoms with Gasteiger partial charge in [0.05, 0.1) is 6.21 Å². The number of rotatable bonds is 4. The molecule has 5 heteroatoms. The first-order valence-corrected chi connectivity index (χ1v) is 8.57. The molecule has 0 unspecified atom stereocenters. The van der Waals surface area contributed by atoms with E-state index in [0.717, 1.165) is 27.5 Å². The monoisotopic (exact) mass is 337 g/mol. The standard InChI is InChI=1S/C19H19N3OS/c1-13-9-10-24-18(13)12-20-21-19(23)16-5-4-6-17(11-16)22-14(2)7-8-15(22)3/h4-12H,1-3H3,(H,21,23)/b20-12-. The number of hydrogen-bond acceptors (Lipinski definition) is 3. The van der Waals surface area contributed by atoms with Gasteiger partial charge in [-0.25, -0.2) is 5.43 Å². The average molecular weight is 337 g/mol. The molecule has 0 spiro atoms. The van der Waals surface area contributed by atoms with Gasteiger partial charge in [-0.15, -0.1) is 11.3 Å². The number of nitrogens with zero attached hydrogens (tertiary/aromatic N) is 2. The van der Waals surface area contributed by atoms with Gasteiger partial charge >= 0.3 is 0 Å². The van der Waals surface area contributed by atoms with E-state index in [0.29, 0.717) is 5.56 Å². The lowest BCUT2D eigenvalue weighted by molar-refractivity contribution is 0.0955. The number of carbonyl (C=O) groups is 1. The van der Waals surface area contributed by atoms with Gasteiger partial charge in [0.25, 0.3) is 5.91 Å². The van der Waals surface area contributed by atoms with Crippen molar-refractivity contribution in [2.24, 2.45) is 5.10 Å². The van der Waals surface area contributed by atoms with Crippen molar-refractivity contribution in [1.82, 2.24) is 9.99 Å². The molecule has 0 aliphatic carbocycles. The van der Waals surface area contributed by atoms with Crippen LogP contribution >= 0.6 is 11.3 Å². The van der Waals surface area contributed by atoms with Crippen molar-refractivity contribution >= 4 is 23.5 Å². The maximum absolute atomic E-state index is 12.3. The SMILES string of the molecule is Cc1ccsc1/C=N\NC(=O)c1cccc(-n2c(C)ccc2C)c1. The fraction of sp³-hybridized carbons (Fsp3) is 0.158. The lowest BCUT2D eigenvalue weighted by Gasteiger charge is -2.10. The first-order chi connectivity index (χ1) is 11.6. The summed E-state index contributed by atoms with van der Waals surface area (Å²) in [5, 5.41) is 6.06. The number of thiophene rings is 1.